The van der Waals surface area contributed by atoms with Crippen molar-refractivity contribution in [2.24, 2.45) is 0 Å². The van der Waals surface area contributed by atoms with E-state index in [1.165, 1.54) is 11.8 Å². The maximum atomic E-state index is 12.8. The molecule has 0 bridgehead atoms. The monoisotopic (exact) mass is 443 g/mol. The van der Waals surface area contributed by atoms with E-state index in [-0.39, 0.29) is 11.7 Å². The Morgan fingerprint density at radius 1 is 1.00 bits per heavy atom. The number of hydrogen-bond donors (Lipinski definition) is 1. The van der Waals surface area contributed by atoms with Crippen LogP contribution in [0, 0.1) is 0 Å². The molecule has 4 rings (SSSR count). The number of benzene rings is 2. The second-order valence-corrected chi connectivity index (χ2v) is 8.39. The van der Waals surface area contributed by atoms with Gasteiger partial charge in [0.2, 0.25) is 5.91 Å². The number of carbonyl (C=O) groups excluding carboxylic acids is 1. The molecule has 4 aromatic rings. The zero-order valence-electron chi connectivity index (χ0n) is 18.1. The van der Waals surface area contributed by atoms with Crippen molar-refractivity contribution in [3.05, 3.63) is 84.7 Å². The molecule has 0 aliphatic heterocycles. The van der Waals surface area contributed by atoms with Crippen molar-refractivity contribution < 1.29 is 4.79 Å². The van der Waals surface area contributed by atoms with Crippen LogP contribution in [-0.4, -0.2) is 31.4 Å². The highest BCUT2D eigenvalue weighted by molar-refractivity contribution is 7.99. The van der Waals surface area contributed by atoms with Gasteiger partial charge in [-0.1, -0.05) is 62.0 Å². The van der Waals surface area contributed by atoms with E-state index < -0.39 is 0 Å². The van der Waals surface area contributed by atoms with Gasteiger partial charge in [0.15, 0.2) is 11.0 Å². The van der Waals surface area contributed by atoms with Crippen LogP contribution in [0.25, 0.3) is 17.1 Å². The first-order valence-electron chi connectivity index (χ1n) is 10.6. The molecule has 0 spiro atoms. The molecule has 2 heterocycles. The minimum atomic E-state index is -0.0705. The average molecular weight is 444 g/mol. The van der Waals surface area contributed by atoms with Crippen LogP contribution in [-0.2, 0) is 4.79 Å². The topological polar surface area (TPSA) is 72.7 Å². The second kappa shape index (κ2) is 10.2. The first-order valence-corrected chi connectivity index (χ1v) is 11.6. The van der Waals surface area contributed by atoms with E-state index in [9.17, 15) is 4.79 Å². The van der Waals surface area contributed by atoms with Gasteiger partial charge in [-0.2, -0.15) is 0 Å². The maximum Gasteiger partial charge on any atom is 0.234 e. The summed E-state index contributed by atoms with van der Waals surface area (Å²) in [5.74, 6) is 1.25. The first-order chi connectivity index (χ1) is 15.7. The number of nitrogens with zero attached hydrogens (tertiary/aromatic N) is 4. The summed E-state index contributed by atoms with van der Waals surface area (Å²) in [5, 5.41) is 12.5. The van der Waals surface area contributed by atoms with E-state index in [0.29, 0.717) is 16.9 Å². The van der Waals surface area contributed by atoms with Crippen molar-refractivity contribution in [2.75, 3.05) is 11.1 Å². The third kappa shape index (κ3) is 4.89. The maximum absolute atomic E-state index is 12.8. The van der Waals surface area contributed by atoms with Crippen molar-refractivity contribution >= 4 is 23.4 Å². The van der Waals surface area contributed by atoms with E-state index in [1.54, 1.807) is 12.4 Å². The van der Waals surface area contributed by atoms with Crippen molar-refractivity contribution in [3.63, 3.8) is 0 Å². The third-order valence-corrected chi connectivity index (χ3v) is 6.23. The zero-order valence-corrected chi connectivity index (χ0v) is 18.9. The molecule has 0 fully saturated rings. The molecule has 0 aliphatic carbocycles. The Bertz CT molecular complexity index is 1180. The van der Waals surface area contributed by atoms with Crippen LogP contribution in [0.2, 0.25) is 0 Å². The Morgan fingerprint density at radius 3 is 2.47 bits per heavy atom. The lowest BCUT2D eigenvalue weighted by molar-refractivity contribution is -0.113. The summed E-state index contributed by atoms with van der Waals surface area (Å²) < 4.78 is 1.97. The van der Waals surface area contributed by atoms with Crippen molar-refractivity contribution in [2.45, 2.75) is 31.3 Å². The van der Waals surface area contributed by atoms with E-state index in [0.717, 1.165) is 28.9 Å². The van der Waals surface area contributed by atoms with Crippen LogP contribution in [0.15, 0.2) is 84.3 Å². The molecule has 0 unspecified atom stereocenters. The predicted molar refractivity (Wildman–Crippen MR) is 129 cm³/mol. The molecule has 7 heteroatoms. The summed E-state index contributed by atoms with van der Waals surface area (Å²) in [6.07, 6.45) is 4.47. The number of hydrogen-bond acceptors (Lipinski definition) is 5. The fourth-order valence-corrected chi connectivity index (χ4v) is 4.19. The van der Waals surface area contributed by atoms with Gasteiger partial charge >= 0.3 is 0 Å². The van der Waals surface area contributed by atoms with Crippen LogP contribution in [0.3, 0.4) is 0 Å². The van der Waals surface area contributed by atoms with Crippen molar-refractivity contribution in [1.29, 1.82) is 0 Å². The fourth-order valence-electron chi connectivity index (χ4n) is 3.44. The van der Waals surface area contributed by atoms with Gasteiger partial charge in [-0.15, -0.1) is 10.2 Å². The Labute approximate surface area is 192 Å². The van der Waals surface area contributed by atoms with Gasteiger partial charge in [-0.05, 0) is 48.2 Å². The van der Waals surface area contributed by atoms with Crippen LogP contribution in [0.1, 0.15) is 31.7 Å². The van der Waals surface area contributed by atoms with E-state index in [4.69, 9.17) is 0 Å². The highest BCUT2D eigenvalue weighted by atomic mass is 32.2. The van der Waals surface area contributed by atoms with Gasteiger partial charge in [0.1, 0.15) is 0 Å². The second-order valence-electron chi connectivity index (χ2n) is 7.45. The predicted octanol–water partition coefficient (Wildman–Crippen LogP) is 5.57. The smallest absolute Gasteiger partial charge is 0.234 e. The first kappa shape index (κ1) is 21.8. The lowest BCUT2D eigenvalue weighted by atomic mass is 9.97. The average Bonchev–Trinajstić information content (AvgIpc) is 3.28. The van der Waals surface area contributed by atoms with Crippen LogP contribution < -0.4 is 5.32 Å². The summed E-state index contributed by atoms with van der Waals surface area (Å²) in [7, 11) is 0. The van der Waals surface area contributed by atoms with Crippen LogP contribution >= 0.6 is 11.8 Å². The molecule has 0 radical (unpaired) electrons. The number of thioether (sulfide) groups is 1. The molecule has 162 valence electrons. The molecule has 0 aliphatic rings. The Hall–Kier alpha value is -3.45. The Morgan fingerprint density at radius 2 is 1.72 bits per heavy atom. The summed E-state index contributed by atoms with van der Waals surface area (Å²) >= 11 is 1.37. The molecule has 2 aromatic heterocycles. The quantitative estimate of drug-likeness (QED) is 0.360. The Balaban J connectivity index is 1.56. The van der Waals surface area contributed by atoms with Crippen molar-refractivity contribution in [3.8, 4) is 17.1 Å². The lowest BCUT2D eigenvalue weighted by Crippen LogP contribution is -2.16. The SMILES string of the molecule is CC[C@@H](C)c1ccccc1NC(=O)CSc1nnc(-c2ccncc2)n1-c1ccccc1. The molecule has 0 saturated carbocycles. The minimum absolute atomic E-state index is 0.0705. The largest absolute Gasteiger partial charge is 0.325 e. The number of aromatic nitrogens is 4. The number of nitrogens with one attached hydrogen (secondary N) is 1. The van der Waals surface area contributed by atoms with Gasteiger partial charge in [0.05, 0.1) is 5.75 Å². The van der Waals surface area contributed by atoms with E-state index >= 15 is 0 Å². The minimum Gasteiger partial charge on any atom is -0.325 e. The molecular formula is C25H25N5OS. The highest BCUT2D eigenvalue weighted by Crippen LogP contribution is 2.29. The fraction of sp³-hybridized carbons (Fsp3) is 0.200. The molecule has 1 N–H and O–H groups in total. The van der Waals surface area contributed by atoms with Gasteiger partial charge in [0, 0.05) is 29.3 Å². The van der Waals surface area contributed by atoms with Gasteiger partial charge in [-0.25, -0.2) is 0 Å². The number of amides is 1. The van der Waals surface area contributed by atoms with Gasteiger partial charge in [0.25, 0.3) is 0 Å². The summed E-state index contributed by atoms with van der Waals surface area (Å²) in [5.41, 5.74) is 3.87. The highest BCUT2D eigenvalue weighted by Gasteiger charge is 2.18. The number of carbonyl (C=O) groups is 1. The number of rotatable bonds is 8. The standard InChI is InChI=1S/C25H25N5OS/c1-3-18(2)21-11-7-8-12-22(21)27-23(31)17-32-25-29-28-24(19-13-15-26-16-14-19)30(25)20-9-5-4-6-10-20/h4-16,18H,3,17H2,1-2H3,(H,27,31)/t18-/m1/s1. The molecule has 1 atom stereocenters. The normalized spacial score (nSPS) is 11.8. The van der Waals surface area contributed by atoms with Gasteiger partial charge in [-0.3, -0.25) is 14.3 Å². The van der Waals surface area contributed by atoms with E-state index in [1.807, 2.05) is 65.2 Å². The summed E-state index contributed by atoms with van der Waals surface area (Å²) in [6.45, 7) is 4.32. The van der Waals surface area contributed by atoms with Crippen molar-refractivity contribution in [1.82, 2.24) is 19.7 Å². The molecular weight excluding hydrogens is 418 g/mol. The third-order valence-electron chi connectivity index (χ3n) is 5.30. The van der Waals surface area contributed by atoms with Crippen LogP contribution in [0.5, 0.6) is 0 Å². The number of pyridine rings is 1. The summed E-state index contributed by atoms with van der Waals surface area (Å²) in [4.78, 5) is 16.9. The van der Waals surface area contributed by atoms with Crippen LogP contribution in [0.4, 0.5) is 5.69 Å². The molecule has 0 saturated heterocycles. The molecule has 2 aromatic carbocycles. The Kier molecular flexibility index (Phi) is 6.97. The molecule has 6 nitrogen and oxygen atoms in total. The number of anilines is 1. The molecule has 32 heavy (non-hydrogen) atoms. The molecule has 1 amide bonds. The summed E-state index contributed by atoms with van der Waals surface area (Å²) in [6, 6.07) is 21.7. The van der Waals surface area contributed by atoms with Gasteiger partial charge < -0.3 is 5.32 Å². The lowest BCUT2D eigenvalue weighted by Gasteiger charge is -2.15. The van der Waals surface area contributed by atoms with E-state index in [2.05, 4.69) is 40.4 Å². The zero-order chi connectivity index (χ0) is 22.3. The number of para-hydroxylation sites is 2.